The van der Waals surface area contributed by atoms with Gasteiger partial charge in [0.15, 0.2) is 0 Å². The molecule has 1 aliphatic rings. The molecule has 0 spiro atoms. The quantitative estimate of drug-likeness (QED) is 0.853. The third-order valence-electron chi connectivity index (χ3n) is 2.42. The van der Waals surface area contributed by atoms with Crippen LogP contribution < -0.4 is 5.32 Å². The van der Waals surface area contributed by atoms with Crippen molar-refractivity contribution < 1.29 is 13.5 Å². The van der Waals surface area contributed by atoms with Gasteiger partial charge in [0.2, 0.25) is 0 Å². The van der Waals surface area contributed by atoms with Crippen LogP contribution in [0, 0.1) is 11.6 Å². The van der Waals surface area contributed by atoms with E-state index in [0.29, 0.717) is 12.2 Å². The Labute approximate surface area is 92.9 Å². The first-order chi connectivity index (χ1) is 7.74. The van der Waals surface area contributed by atoms with Crippen LogP contribution >= 0.6 is 0 Å². The van der Waals surface area contributed by atoms with Crippen LogP contribution in [0.15, 0.2) is 30.5 Å². The highest BCUT2D eigenvalue weighted by Crippen LogP contribution is 2.15. The van der Waals surface area contributed by atoms with Crippen LogP contribution in [-0.4, -0.2) is 12.6 Å². The summed E-state index contributed by atoms with van der Waals surface area (Å²) in [6, 6.07) is 3.38. The predicted molar refractivity (Wildman–Crippen MR) is 58.1 cm³/mol. The second-order valence-electron chi connectivity index (χ2n) is 3.75. The summed E-state index contributed by atoms with van der Waals surface area (Å²) in [5, 5.41) is 2.96. The first-order valence-corrected chi connectivity index (χ1v) is 5.24. The summed E-state index contributed by atoms with van der Waals surface area (Å²) in [6.07, 6.45) is 5.59. The molecule has 0 bridgehead atoms. The SMILES string of the molecule is Fc1cc(F)cc(NCC2CCC=CO2)c1. The number of hydrogen-bond acceptors (Lipinski definition) is 2. The average molecular weight is 225 g/mol. The number of ether oxygens (including phenoxy) is 1. The molecule has 1 aromatic carbocycles. The molecule has 1 aliphatic heterocycles. The number of hydrogen-bond donors (Lipinski definition) is 1. The molecule has 1 atom stereocenters. The minimum atomic E-state index is -0.577. The molecule has 4 heteroatoms. The largest absolute Gasteiger partial charge is 0.497 e. The van der Waals surface area contributed by atoms with Gasteiger partial charge < -0.3 is 10.1 Å². The number of rotatable bonds is 3. The third kappa shape index (κ3) is 2.95. The topological polar surface area (TPSA) is 21.3 Å². The van der Waals surface area contributed by atoms with Gasteiger partial charge in [-0.05, 0) is 31.1 Å². The van der Waals surface area contributed by atoms with E-state index in [9.17, 15) is 8.78 Å². The van der Waals surface area contributed by atoms with Gasteiger partial charge in [0.1, 0.15) is 17.7 Å². The molecule has 2 nitrogen and oxygen atoms in total. The predicted octanol–water partition coefficient (Wildman–Crippen LogP) is 3.07. The van der Waals surface area contributed by atoms with Crippen LogP contribution in [0.1, 0.15) is 12.8 Å². The molecule has 0 radical (unpaired) electrons. The van der Waals surface area contributed by atoms with Crippen molar-refractivity contribution in [3.63, 3.8) is 0 Å². The van der Waals surface area contributed by atoms with Crippen molar-refractivity contribution in [2.45, 2.75) is 18.9 Å². The molecule has 0 amide bonds. The van der Waals surface area contributed by atoms with Gasteiger partial charge >= 0.3 is 0 Å². The van der Waals surface area contributed by atoms with Gasteiger partial charge in [-0.3, -0.25) is 0 Å². The molecule has 1 aromatic rings. The van der Waals surface area contributed by atoms with Crippen molar-refractivity contribution in [3.05, 3.63) is 42.2 Å². The Balaban J connectivity index is 1.91. The minimum absolute atomic E-state index is 0.0660. The van der Waals surface area contributed by atoms with Gasteiger partial charge in [-0.2, -0.15) is 0 Å². The van der Waals surface area contributed by atoms with Gasteiger partial charge in [-0.15, -0.1) is 0 Å². The summed E-state index contributed by atoms with van der Waals surface area (Å²) in [7, 11) is 0. The fourth-order valence-corrected chi connectivity index (χ4v) is 1.62. The smallest absolute Gasteiger partial charge is 0.128 e. The van der Waals surface area contributed by atoms with Gasteiger partial charge in [0.25, 0.3) is 0 Å². The molecule has 0 aromatic heterocycles. The summed E-state index contributed by atoms with van der Waals surface area (Å²) in [4.78, 5) is 0. The van der Waals surface area contributed by atoms with Crippen LogP contribution in [0.4, 0.5) is 14.5 Å². The molecular weight excluding hydrogens is 212 g/mol. The molecule has 0 aliphatic carbocycles. The summed E-state index contributed by atoms with van der Waals surface area (Å²) < 4.78 is 31.1. The Morgan fingerprint density at radius 2 is 2.00 bits per heavy atom. The second kappa shape index (κ2) is 4.96. The van der Waals surface area contributed by atoms with Crippen LogP contribution in [0.5, 0.6) is 0 Å². The summed E-state index contributed by atoms with van der Waals surface area (Å²) in [5.74, 6) is -1.15. The zero-order valence-electron chi connectivity index (χ0n) is 8.75. The zero-order valence-corrected chi connectivity index (χ0v) is 8.75. The monoisotopic (exact) mass is 225 g/mol. The van der Waals surface area contributed by atoms with Crippen molar-refractivity contribution in [1.82, 2.24) is 0 Å². The number of benzene rings is 1. The van der Waals surface area contributed by atoms with Crippen LogP contribution in [0.2, 0.25) is 0 Å². The van der Waals surface area contributed by atoms with Gasteiger partial charge in [0.05, 0.1) is 12.8 Å². The molecule has 0 saturated heterocycles. The molecule has 86 valence electrons. The van der Waals surface area contributed by atoms with Crippen molar-refractivity contribution in [3.8, 4) is 0 Å². The van der Waals surface area contributed by atoms with Crippen molar-refractivity contribution in [1.29, 1.82) is 0 Å². The maximum Gasteiger partial charge on any atom is 0.128 e. The number of allylic oxidation sites excluding steroid dienone is 1. The molecule has 1 heterocycles. The number of halogens is 2. The Hall–Kier alpha value is -1.58. The first-order valence-electron chi connectivity index (χ1n) is 5.24. The molecule has 2 rings (SSSR count). The fraction of sp³-hybridized carbons (Fsp3) is 0.333. The van der Waals surface area contributed by atoms with Crippen LogP contribution in [0.25, 0.3) is 0 Å². The number of anilines is 1. The van der Waals surface area contributed by atoms with Gasteiger partial charge in [-0.1, -0.05) is 0 Å². The average Bonchev–Trinajstić information content (AvgIpc) is 2.27. The van der Waals surface area contributed by atoms with E-state index in [1.54, 1.807) is 6.26 Å². The Bertz CT molecular complexity index is 372. The summed E-state index contributed by atoms with van der Waals surface area (Å²) >= 11 is 0. The normalized spacial score (nSPS) is 19.2. The first kappa shape index (κ1) is 10.9. The van der Waals surface area contributed by atoms with E-state index in [2.05, 4.69) is 5.32 Å². The second-order valence-corrected chi connectivity index (χ2v) is 3.75. The Morgan fingerprint density at radius 3 is 2.62 bits per heavy atom. The maximum atomic E-state index is 12.9. The highest BCUT2D eigenvalue weighted by molar-refractivity contribution is 5.43. The number of nitrogens with one attached hydrogen (secondary N) is 1. The molecule has 0 fully saturated rings. The molecule has 1 N–H and O–H groups in total. The van der Waals surface area contributed by atoms with E-state index in [4.69, 9.17) is 4.74 Å². The minimum Gasteiger partial charge on any atom is -0.497 e. The zero-order chi connectivity index (χ0) is 11.4. The molecular formula is C12H13F2NO. The Morgan fingerprint density at radius 1 is 1.25 bits per heavy atom. The third-order valence-corrected chi connectivity index (χ3v) is 2.42. The molecule has 1 unspecified atom stereocenters. The lowest BCUT2D eigenvalue weighted by molar-refractivity contribution is 0.135. The standard InChI is InChI=1S/C12H13F2NO/c13-9-5-10(14)7-11(6-9)15-8-12-3-1-2-4-16-12/h2,4-7,12,15H,1,3,8H2. The van der Waals surface area contributed by atoms with E-state index in [1.807, 2.05) is 6.08 Å². The van der Waals surface area contributed by atoms with E-state index in [0.717, 1.165) is 18.9 Å². The van der Waals surface area contributed by atoms with Crippen molar-refractivity contribution >= 4 is 5.69 Å². The van der Waals surface area contributed by atoms with Crippen molar-refractivity contribution in [2.75, 3.05) is 11.9 Å². The van der Waals surface area contributed by atoms with E-state index < -0.39 is 11.6 Å². The summed E-state index contributed by atoms with van der Waals surface area (Å²) in [6.45, 7) is 0.549. The van der Waals surface area contributed by atoms with Gasteiger partial charge in [0, 0.05) is 11.8 Å². The van der Waals surface area contributed by atoms with E-state index in [-0.39, 0.29) is 6.10 Å². The lowest BCUT2D eigenvalue weighted by Gasteiger charge is -2.20. The van der Waals surface area contributed by atoms with Crippen molar-refractivity contribution in [2.24, 2.45) is 0 Å². The summed E-state index contributed by atoms with van der Waals surface area (Å²) in [5.41, 5.74) is 0.440. The highest BCUT2D eigenvalue weighted by Gasteiger charge is 2.10. The van der Waals surface area contributed by atoms with Crippen LogP contribution in [0.3, 0.4) is 0 Å². The van der Waals surface area contributed by atoms with E-state index >= 15 is 0 Å². The highest BCUT2D eigenvalue weighted by atomic mass is 19.1. The molecule has 16 heavy (non-hydrogen) atoms. The fourth-order valence-electron chi connectivity index (χ4n) is 1.62. The lowest BCUT2D eigenvalue weighted by Crippen LogP contribution is -2.23. The molecule has 0 saturated carbocycles. The lowest BCUT2D eigenvalue weighted by atomic mass is 10.1. The Kier molecular flexibility index (Phi) is 3.39. The van der Waals surface area contributed by atoms with E-state index in [1.165, 1.54) is 12.1 Å². The van der Waals surface area contributed by atoms with Gasteiger partial charge in [-0.25, -0.2) is 8.78 Å². The maximum absolute atomic E-state index is 12.9. The van der Waals surface area contributed by atoms with Crippen LogP contribution in [-0.2, 0) is 4.74 Å².